The quantitative estimate of drug-likeness (QED) is 0.494. The van der Waals surface area contributed by atoms with Gasteiger partial charge in [-0.1, -0.05) is 36.8 Å². The minimum absolute atomic E-state index is 0.113. The van der Waals surface area contributed by atoms with Gasteiger partial charge in [-0.2, -0.15) is 0 Å². The molecule has 8 nitrogen and oxygen atoms in total. The number of benzene rings is 2. The number of ether oxygens (including phenoxy) is 1. The molecule has 2 rings (SSSR count). The molecule has 0 saturated heterocycles. The van der Waals surface area contributed by atoms with E-state index in [1.165, 1.54) is 4.31 Å². The Morgan fingerprint density at radius 2 is 1.68 bits per heavy atom. The molecule has 0 saturated carbocycles. The van der Waals surface area contributed by atoms with Crippen molar-refractivity contribution in [3.05, 3.63) is 59.7 Å². The SMILES string of the molecule is CC[C@@H](C(=O)NC)N(Cc1ccc(C)cc1)C(=O)CCCN(c1ccc(OC)cc1)S(C)(=O)=O. The molecule has 1 atom stereocenters. The molecule has 0 aliphatic heterocycles. The summed E-state index contributed by atoms with van der Waals surface area (Å²) in [6.45, 7) is 4.30. The molecule has 0 aliphatic carbocycles. The molecule has 0 bridgehead atoms. The topological polar surface area (TPSA) is 96.0 Å². The lowest BCUT2D eigenvalue weighted by atomic mass is 10.1. The van der Waals surface area contributed by atoms with Gasteiger partial charge in [0.15, 0.2) is 0 Å². The van der Waals surface area contributed by atoms with E-state index in [9.17, 15) is 18.0 Å². The second-order valence-electron chi connectivity index (χ2n) is 8.18. The number of hydrogen-bond acceptors (Lipinski definition) is 5. The number of anilines is 1. The maximum absolute atomic E-state index is 13.2. The minimum atomic E-state index is -3.54. The molecule has 0 radical (unpaired) electrons. The Hall–Kier alpha value is -3.07. The number of methoxy groups -OCH3 is 1. The maximum atomic E-state index is 13.2. The summed E-state index contributed by atoms with van der Waals surface area (Å²) in [5.41, 5.74) is 2.54. The largest absolute Gasteiger partial charge is 0.497 e. The van der Waals surface area contributed by atoms with Crippen LogP contribution in [0.2, 0.25) is 0 Å². The molecular formula is C25H35N3O5S. The van der Waals surface area contributed by atoms with Gasteiger partial charge in [0.25, 0.3) is 0 Å². The van der Waals surface area contributed by atoms with E-state index in [1.54, 1.807) is 43.3 Å². The standard InChI is InChI=1S/C25H35N3O5S/c1-6-23(25(30)26-3)27(18-20-11-9-19(2)10-12-20)24(29)8-7-17-28(34(5,31)32)21-13-15-22(33-4)16-14-21/h9-16,23H,6-8,17-18H2,1-5H3,(H,26,30)/t23-/m0/s1. The summed E-state index contributed by atoms with van der Waals surface area (Å²) in [5, 5.41) is 2.64. The van der Waals surface area contributed by atoms with Crippen LogP contribution in [0, 0.1) is 6.92 Å². The Balaban J connectivity index is 2.17. The number of carbonyl (C=O) groups excluding carboxylic acids is 2. The summed E-state index contributed by atoms with van der Waals surface area (Å²) in [6, 6.07) is 14.0. The summed E-state index contributed by atoms with van der Waals surface area (Å²) >= 11 is 0. The van der Waals surface area contributed by atoms with E-state index in [0.29, 0.717) is 30.8 Å². The molecule has 2 amide bonds. The van der Waals surface area contributed by atoms with Gasteiger partial charge in [-0.3, -0.25) is 13.9 Å². The second-order valence-corrected chi connectivity index (χ2v) is 10.1. The molecule has 0 aliphatic rings. The average molecular weight is 490 g/mol. The third-order valence-corrected chi connectivity index (χ3v) is 6.81. The van der Waals surface area contributed by atoms with Crippen LogP contribution in [0.1, 0.15) is 37.3 Å². The number of hydrogen-bond donors (Lipinski definition) is 1. The van der Waals surface area contributed by atoms with Crippen LogP contribution < -0.4 is 14.4 Å². The van der Waals surface area contributed by atoms with Crippen LogP contribution in [0.5, 0.6) is 5.75 Å². The van der Waals surface area contributed by atoms with Crippen LogP contribution >= 0.6 is 0 Å². The monoisotopic (exact) mass is 489 g/mol. The highest BCUT2D eigenvalue weighted by Crippen LogP contribution is 2.22. The van der Waals surface area contributed by atoms with Gasteiger partial charge in [-0.05, 0) is 49.6 Å². The Labute approximate surface area is 202 Å². The molecule has 2 aromatic carbocycles. The zero-order valence-electron chi connectivity index (χ0n) is 20.6. The van der Waals surface area contributed by atoms with E-state index in [4.69, 9.17) is 4.74 Å². The molecule has 0 unspecified atom stereocenters. The Morgan fingerprint density at radius 1 is 1.06 bits per heavy atom. The second kappa shape index (κ2) is 12.4. The van der Waals surface area contributed by atoms with Crippen molar-refractivity contribution in [2.24, 2.45) is 0 Å². The van der Waals surface area contributed by atoms with Crippen LogP contribution in [0.15, 0.2) is 48.5 Å². The molecule has 186 valence electrons. The Kier molecular flexibility index (Phi) is 9.92. The Bertz CT molecular complexity index is 1050. The predicted octanol–water partition coefficient (Wildman–Crippen LogP) is 3.10. The van der Waals surface area contributed by atoms with Gasteiger partial charge in [0, 0.05) is 26.6 Å². The molecule has 0 aromatic heterocycles. The first kappa shape index (κ1) is 27.2. The normalized spacial score (nSPS) is 12.0. The van der Waals surface area contributed by atoms with Gasteiger partial charge in [0.05, 0.1) is 19.1 Å². The van der Waals surface area contributed by atoms with Crippen LogP contribution in [-0.4, -0.2) is 58.1 Å². The Morgan fingerprint density at radius 3 is 2.18 bits per heavy atom. The number of sulfonamides is 1. The summed E-state index contributed by atoms with van der Waals surface area (Å²) < 4.78 is 31.2. The first-order chi connectivity index (χ1) is 16.1. The van der Waals surface area contributed by atoms with E-state index >= 15 is 0 Å². The first-order valence-electron chi connectivity index (χ1n) is 11.3. The highest BCUT2D eigenvalue weighted by molar-refractivity contribution is 7.92. The number of carbonyl (C=O) groups is 2. The van der Waals surface area contributed by atoms with Crippen molar-refractivity contribution in [2.45, 2.75) is 45.7 Å². The zero-order valence-corrected chi connectivity index (χ0v) is 21.4. The highest BCUT2D eigenvalue weighted by atomic mass is 32.2. The lowest BCUT2D eigenvalue weighted by molar-refractivity contribution is -0.141. The van der Waals surface area contributed by atoms with Crippen LogP contribution in [-0.2, 0) is 26.2 Å². The molecule has 0 fully saturated rings. The number of nitrogens with zero attached hydrogens (tertiary/aromatic N) is 2. The van der Waals surface area contributed by atoms with Crippen molar-refractivity contribution in [2.75, 3.05) is 31.3 Å². The van der Waals surface area contributed by atoms with Gasteiger partial charge in [-0.25, -0.2) is 8.42 Å². The lowest BCUT2D eigenvalue weighted by Gasteiger charge is -2.31. The highest BCUT2D eigenvalue weighted by Gasteiger charge is 2.28. The number of likely N-dealkylation sites (N-methyl/N-ethyl adjacent to an activating group) is 1. The van der Waals surface area contributed by atoms with Crippen molar-refractivity contribution in [3.8, 4) is 5.75 Å². The summed E-state index contributed by atoms with van der Waals surface area (Å²) in [7, 11) is -0.448. The summed E-state index contributed by atoms with van der Waals surface area (Å²) in [5.74, 6) is 0.206. The smallest absolute Gasteiger partial charge is 0.242 e. The maximum Gasteiger partial charge on any atom is 0.242 e. The van der Waals surface area contributed by atoms with Crippen molar-refractivity contribution < 1.29 is 22.7 Å². The third-order valence-electron chi connectivity index (χ3n) is 5.62. The summed E-state index contributed by atoms with van der Waals surface area (Å²) in [6.07, 6.45) is 2.04. The van der Waals surface area contributed by atoms with Crippen molar-refractivity contribution >= 4 is 27.5 Å². The van der Waals surface area contributed by atoms with Crippen LogP contribution in [0.25, 0.3) is 0 Å². The van der Waals surface area contributed by atoms with E-state index < -0.39 is 16.1 Å². The van der Waals surface area contributed by atoms with Crippen molar-refractivity contribution in [1.82, 2.24) is 10.2 Å². The van der Waals surface area contributed by atoms with Gasteiger partial charge < -0.3 is 15.0 Å². The minimum Gasteiger partial charge on any atom is -0.497 e. The molecule has 1 N–H and O–H groups in total. The van der Waals surface area contributed by atoms with E-state index in [1.807, 2.05) is 38.1 Å². The van der Waals surface area contributed by atoms with Gasteiger partial charge >= 0.3 is 0 Å². The fourth-order valence-corrected chi connectivity index (χ4v) is 4.69. The van der Waals surface area contributed by atoms with Crippen molar-refractivity contribution in [3.63, 3.8) is 0 Å². The molecule has 0 heterocycles. The number of amides is 2. The number of nitrogens with one attached hydrogen (secondary N) is 1. The summed E-state index contributed by atoms with van der Waals surface area (Å²) in [4.78, 5) is 27.3. The molecule has 34 heavy (non-hydrogen) atoms. The van der Waals surface area contributed by atoms with Crippen LogP contribution in [0.4, 0.5) is 5.69 Å². The van der Waals surface area contributed by atoms with Gasteiger partial charge in [0.1, 0.15) is 11.8 Å². The fraction of sp³-hybridized carbons (Fsp3) is 0.440. The lowest BCUT2D eigenvalue weighted by Crippen LogP contribution is -2.48. The van der Waals surface area contributed by atoms with Crippen molar-refractivity contribution in [1.29, 1.82) is 0 Å². The molecule has 0 spiro atoms. The molecular weight excluding hydrogens is 454 g/mol. The van der Waals surface area contributed by atoms with E-state index in [-0.39, 0.29) is 24.8 Å². The van der Waals surface area contributed by atoms with E-state index in [2.05, 4.69) is 5.32 Å². The zero-order chi connectivity index (χ0) is 25.3. The fourth-order valence-electron chi connectivity index (χ4n) is 3.73. The van der Waals surface area contributed by atoms with Crippen LogP contribution in [0.3, 0.4) is 0 Å². The molecule has 2 aromatic rings. The van der Waals surface area contributed by atoms with Gasteiger partial charge in [0.2, 0.25) is 21.8 Å². The third kappa shape index (κ3) is 7.48. The van der Waals surface area contributed by atoms with Gasteiger partial charge in [-0.15, -0.1) is 0 Å². The number of rotatable bonds is 12. The predicted molar refractivity (Wildman–Crippen MR) is 134 cm³/mol. The molecule has 9 heteroatoms. The van der Waals surface area contributed by atoms with E-state index in [0.717, 1.165) is 17.4 Å². The number of aryl methyl sites for hydroxylation is 1. The first-order valence-corrected chi connectivity index (χ1v) is 13.1. The average Bonchev–Trinajstić information content (AvgIpc) is 2.82.